The maximum atomic E-state index is 12.8. The van der Waals surface area contributed by atoms with Crippen molar-refractivity contribution in [1.82, 2.24) is 4.90 Å². The Morgan fingerprint density at radius 2 is 2.16 bits per heavy atom. The molecule has 0 spiro atoms. The Balaban J connectivity index is 1.46. The first-order valence-electron chi connectivity index (χ1n) is 11.6. The Morgan fingerprint density at radius 3 is 2.97 bits per heavy atom. The van der Waals surface area contributed by atoms with Gasteiger partial charge in [0.05, 0.1) is 5.60 Å². The molecule has 2 aromatic rings. The van der Waals surface area contributed by atoms with Gasteiger partial charge in [-0.1, -0.05) is 26.2 Å². The minimum absolute atomic E-state index is 0.0583. The smallest absolute Gasteiger partial charge is 0.336 e. The summed E-state index contributed by atoms with van der Waals surface area (Å²) < 4.78 is 11.4. The van der Waals surface area contributed by atoms with E-state index in [2.05, 4.69) is 6.92 Å². The molecule has 31 heavy (non-hydrogen) atoms. The Labute approximate surface area is 183 Å². The highest BCUT2D eigenvalue weighted by atomic mass is 16.5. The molecular formula is C25H33NO5. The van der Waals surface area contributed by atoms with Crippen molar-refractivity contribution in [3.05, 3.63) is 39.7 Å². The number of benzene rings is 1. The van der Waals surface area contributed by atoms with Gasteiger partial charge in [0.1, 0.15) is 11.3 Å². The average Bonchev–Trinajstić information content (AvgIpc) is 2.76. The van der Waals surface area contributed by atoms with Crippen LogP contribution in [-0.4, -0.2) is 41.2 Å². The van der Waals surface area contributed by atoms with E-state index in [-0.39, 0.29) is 24.1 Å². The van der Waals surface area contributed by atoms with Crippen molar-refractivity contribution in [2.24, 2.45) is 5.92 Å². The van der Waals surface area contributed by atoms with E-state index < -0.39 is 5.60 Å². The number of carbonyl (C=O) groups is 1. The van der Waals surface area contributed by atoms with Gasteiger partial charge in [-0.3, -0.25) is 4.79 Å². The molecule has 2 aliphatic rings. The number of likely N-dealkylation sites (tertiary alicyclic amines) is 1. The third kappa shape index (κ3) is 4.49. The third-order valence-corrected chi connectivity index (χ3v) is 7.13. The fraction of sp³-hybridized carbons (Fsp3) is 0.600. The zero-order chi connectivity index (χ0) is 22.0. The maximum absolute atomic E-state index is 12.8. The number of fused-ring (bicyclic) bond motifs is 2. The summed E-state index contributed by atoms with van der Waals surface area (Å²) in [6.07, 6.45) is 7.55. The van der Waals surface area contributed by atoms with E-state index in [1.165, 1.54) is 0 Å². The Morgan fingerprint density at radius 1 is 1.32 bits per heavy atom. The van der Waals surface area contributed by atoms with Crippen LogP contribution in [0.3, 0.4) is 0 Å². The first-order chi connectivity index (χ1) is 14.9. The summed E-state index contributed by atoms with van der Waals surface area (Å²) in [6, 6.07) is 5.35. The number of aryl methyl sites for hydroxylation is 2. The standard InChI is InChI=1S/C25H33NO5/c1-3-4-7-18-14-23(28)31-24-17(2)21(10-9-20(18)24)30-16-22(27)26-13-12-25(29)11-6-5-8-19(25)15-26/h9-10,14,19,29H,3-8,11-13,15-16H2,1-2H3/t19-,25-/m1/s1. The number of amides is 1. The lowest BCUT2D eigenvalue weighted by molar-refractivity contribution is -0.145. The summed E-state index contributed by atoms with van der Waals surface area (Å²) in [6.45, 7) is 5.10. The fourth-order valence-electron chi connectivity index (χ4n) is 5.17. The lowest BCUT2D eigenvalue weighted by Gasteiger charge is -2.47. The van der Waals surface area contributed by atoms with Gasteiger partial charge in [-0.05, 0) is 56.7 Å². The molecule has 1 aliphatic carbocycles. The summed E-state index contributed by atoms with van der Waals surface area (Å²) in [5.41, 5.74) is 1.31. The number of ether oxygens (including phenoxy) is 1. The molecule has 0 radical (unpaired) electrons. The molecular weight excluding hydrogens is 394 g/mol. The molecule has 1 aliphatic heterocycles. The zero-order valence-electron chi connectivity index (χ0n) is 18.6. The van der Waals surface area contributed by atoms with Gasteiger partial charge in [-0.2, -0.15) is 0 Å². The Hall–Kier alpha value is -2.34. The minimum Gasteiger partial charge on any atom is -0.483 e. The van der Waals surface area contributed by atoms with Crippen LogP contribution in [0.25, 0.3) is 11.0 Å². The Bertz CT molecular complexity index is 1010. The topological polar surface area (TPSA) is 80.0 Å². The number of carbonyl (C=O) groups excluding carboxylic acids is 1. The molecule has 2 heterocycles. The molecule has 1 aromatic carbocycles. The Kier molecular flexibility index (Phi) is 6.37. The van der Waals surface area contributed by atoms with Crippen LogP contribution in [0.5, 0.6) is 5.75 Å². The number of unbranched alkanes of at least 4 members (excludes halogenated alkanes) is 1. The van der Waals surface area contributed by atoms with E-state index in [1.807, 2.05) is 24.0 Å². The monoisotopic (exact) mass is 427 g/mol. The average molecular weight is 428 g/mol. The summed E-state index contributed by atoms with van der Waals surface area (Å²) in [7, 11) is 0. The van der Waals surface area contributed by atoms with Gasteiger partial charge in [-0.15, -0.1) is 0 Å². The van der Waals surface area contributed by atoms with Crippen LogP contribution in [0, 0.1) is 12.8 Å². The van der Waals surface area contributed by atoms with Crippen LogP contribution in [0.4, 0.5) is 0 Å². The summed E-state index contributed by atoms with van der Waals surface area (Å²) in [5.74, 6) is 0.658. The highest BCUT2D eigenvalue weighted by Gasteiger charge is 2.43. The second-order valence-electron chi connectivity index (χ2n) is 9.18. The quantitative estimate of drug-likeness (QED) is 0.706. The van der Waals surface area contributed by atoms with Gasteiger partial charge in [0.15, 0.2) is 6.61 Å². The number of nitrogens with zero attached hydrogens (tertiary/aromatic N) is 1. The predicted molar refractivity (Wildman–Crippen MR) is 119 cm³/mol. The fourth-order valence-corrected chi connectivity index (χ4v) is 5.17. The van der Waals surface area contributed by atoms with E-state index in [1.54, 1.807) is 6.07 Å². The van der Waals surface area contributed by atoms with Crippen molar-refractivity contribution in [2.75, 3.05) is 19.7 Å². The number of hydrogen-bond acceptors (Lipinski definition) is 5. The summed E-state index contributed by atoms with van der Waals surface area (Å²) in [5, 5.41) is 11.8. The predicted octanol–water partition coefficient (Wildman–Crippen LogP) is 3.98. The minimum atomic E-state index is -0.599. The molecule has 168 valence electrons. The van der Waals surface area contributed by atoms with E-state index in [0.29, 0.717) is 30.8 Å². The maximum Gasteiger partial charge on any atom is 0.336 e. The molecule has 1 N–H and O–H groups in total. The van der Waals surface area contributed by atoms with Crippen molar-refractivity contribution < 1.29 is 19.1 Å². The van der Waals surface area contributed by atoms with E-state index in [9.17, 15) is 14.7 Å². The number of rotatable bonds is 6. The number of aliphatic hydroxyl groups is 1. The molecule has 6 nitrogen and oxygen atoms in total. The van der Waals surface area contributed by atoms with Gasteiger partial charge in [0.25, 0.3) is 5.91 Å². The first-order valence-corrected chi connectivity index (χ1v) is 11.6. The summed E-state index contributed by atoms with van der Waals surface area (Å²) in [4.78, 5) is 26.7. The highest BCUT2D eigenvalue weighted by molar-refractivity contribution is 5.85. The van der Waals surface area contributed by atoms with Gasteiger partial charge in [-0.25, -0.2) is 4.79 Å². The first kappa shape index (κ1) is 21.9. The van der Waals surface area contributed by atoms with Crippen LogP contribution in [0.15, 0.2) is 27.4 Å². The molecule has 1 amide bonds. The highest BCUT2D eigenvalue weighted by Crippen LogP contribution is 2.39. The van der Waals surface area contributed by atoms with E-state index in [4.69, 9.17) is 9.15 Å². The molecule has 2 atom stereocenters. The largest absolute Gasteiger partial charge is 0.483 e. The van der Waals surface area contributed by atoms with E-state index >= 15 is 0 Å². The van der Waals surface area contributed by atoms with E-state index in [0.717, 1.165) is 61.5 Å². The molecule has 2 fully saturated rings. The summed E-state index contributed by atoms with van der Waals surface area (Å²) >= 11 is 0. The molecule has 1 saturated heterocycles. The van der Waals surface area contributed by atoms with Crippen LogP contribution in [0.2, 0.25) is 0 Å². The van der Waals surface area contributed by atoms with Gasteiger partial charge in [0.2, 0.25) is 0 Å². The van der Waals surface area contributed by atoms with Crippen LogP contribution < -0.4 is 10.4 Å². The van der Waals surface area contributed by atoms with Crippen molar-refractivity contribution >= 4 is 16.9 Å². The van der Waals surface area contributed by atoms with Crippen LogP contribution in [0.1, 0.15) is 63.0 Å². The molecule has 1 aromatic heterocycles. The molecule has 0 bridgehead atoms. The van der Waals surface area contributed by atoms with Crippen molar-refractivity contribution in [2.45, 2.75) is 70.8 Å². The van der Waals surface area contributed by atoms with Crippen molar-refractivity contribution in [1.29, 1.82) is 0 Å². The van der Waals surface area contributed by atoms with Gasteiger partial charge < -0.3 is 19.2 Å². The number of hydrogen-bond donors (Lipinski definition) is 1. The third-order valence-electron chi connectivity index (χ3n) is 7.13. The second-order valence-corrected chi connectivity index (χ2v) is 9.18. The van der Waals surface area contributed by atoms with Crippen LogP contribution >= 0.6 is 0 Å². The van der Waals surface area contributed by atoms with Gasteiger partial charge >= 0.3 is 5.63 Å². The van der Waals surface area contributed by atoms with Crippen molar-refractivity contribution in [3.8, 4) is 5.75 Å². The zero-order valence-corrected chi connectivity index (χ0v) is 18.6. The van der Waals surface area contributed by atoms with Crippen LogP contribution in [-0.2, 0) is 11.2 Å². The lowest BCUT2D eigenvalue weighted by Crippen LogP contribution is -2.55. The van der Waals surface area contributed by atoms with Crippen molar-refractivity contribution in [3.63, 3.8) is 0 Å². The number of piperidine rings is 1. The molecule has 1 saturated carbocycles. The second kappa shape index (κ2) is 9.03. The SMILES string of the molecule is CCCCc1cc(=O)oc2c(C)c(OCC(=O)N3CC[C@]4(O)CCCC[C@@H]4C3)ccc12. The molecule has 6 heteroatoms. The lowest BCUT2D eigenvalue weighted by atomic mass is 9.71. The van der Waals surface area contributed by atoms with Gasteiger partial charge in [0, 0.05) is 36.0 Å². The molecule has 4 rings (SSSR count). The molecule has 0 unspecified atom stereocenters. The normalized spacial score (nSPS) is 23.6.